The van der Waals surface area contributed by atoms with Crippen LogP contribution in [0, 0.1) is 11.8 Å². The Morgan fingerprint density at radius 3 is 2.89 bits per heavy atom. The van der Waals surface area contributed by atoms with E-state index in [1.54, 1.807) is 0 Å². The zero-order chi connectivity index (χ0) is 19.8. The van der Waals surface area contributed by atoms with Crippen molar-refractivity contribution in [1.82, 2.24) is 0 Å². The van der Waals surface area contributed by atoms with Crippen molar-refractivity contribution in [2.45, 2.75) is 75.4 Å². The van der Waals surface area contributed by atoms with Gasteiger partial charge in [0.25, 0.3) is 0 Å². The highest BCUT2D eigenvalue weighted by atomic mass is 32.2. The SMILES string of the molecule is COC(=O)CCS[C@@H]1CC(=O)O[C@@H](C)CCC/C=C/[C@@H]2C[C@H](O)C[C@H]2[C@H]1O. The minimum absolute atomic E-state index is 0.0976. The summed E-state index contributed by atoms with van der Waals surface area (Å²) in [6, 6.07) is 0. The van der Waals surface area contributed by atoms with Crippen LogP contribution in [-0.2, 0) is 19.1 Å². The summed E-state index contributed by atoms with van der Waals surface area (Å²) < 4.78 is 10.2. The third kappa shape index (κ3) is 7.12. The number of rotatable bonds is 4. The van der Waals surface area contributed by atoms with Gasteiger partial charge in [-0.3, -0.25) is 9.59 Å². The molecule has 2 N–H and O–H groups in total. The molecule has 0 radical (unpaired) electrons. The molecule has 1 aliphatic heterocycles. The van der Waals surface area contributed by atoms with Crippen molar-refractivity contribution >= 4 is 23.7 Å². The molecule has 0 saturated heterocycles. The van der Waals surface area contributed by atoms with Gasteiger partial charge < -0.3 is 19.7 Å². The van der Waals surface area contributed by atoms with Crippen LogP contribution in [0.4, 0.5) is 0 Å². The molecule has 0 aromatic heterocycles. The van der Waals surface area contributed by atoms with Crippen molar-refractivity contribution in [3.05, 3.63) is 12.2 Å². The van der Waals surface area contributed by atoms with Crippen LogP contribution in [0.5, 0.6) is 0 Å². The van der Waals surface area contributed by atoms with E-state index >= 15 is 0 Å². The van der Waals surface area contributed by atoms with Gasteiger partial charge in [0.1, 0.15) is 0 Å². The number of thioether (sulfide) groups is 1. The molecule has 27 heavy (non-hydrogen) atoms. The highest BCUT2D eigenvalue weighted by Gasteiger charge is 2.40. The Kier molecular flexibility index (Phi) is 9.12. The van der Waals surface area contributed by atoms with E-state index in [1.807, 2.05) is 6.92 Å². The molecule has 6 nitrogen and oxygen atoms in total. The molecular weight excluding hydrogens is 368 g/mol. The molecule has 1 heterocycles. The van der Waals surface area contributed by atoms with Crippen LogP contribution in [0.2, 0.25) is 0 Å². The molecule has 1 fully saturated rings. The quantitative estimate of drug-likeness (QED) is 0.553. The molecule has 7 heteroatoms. The van der Waals surface area contributed by atoms with Crippen molar-refractivity contribution in [2.24, 2.45) is 11.8 Å². The van der Waals surface area contributed by atoms with Crippen molar-refractivity contribution < 1.29 is 29.3 Å². The van der Waals surface area contributed by atoms with Gasteiger partial charge in [0, 0.05) is 11.0 Å². The van der Waals surface area contributed by atoms with Crippen LogP contribution in [0.25, 0.3) is 0 Å². The number of cyclic esters (lactones) is 1. The Morgan fingerprint density at radius 1 is 1.37 bits per heavy atom. The molecule has 0 unspecified atom stereocenters. The number of carbonyl (C=O) groups excluding carboxylic acids is 2. The number of aliphatic hydroxyl groups is 2. The van der Waals surface area contributed by atoms with Crippen molar-refractivity contribution in [1.29, 1.82) is 0 Å². The largest absolute Gasteiger partial charge is 0.469 e. The fourth-order valence-electron chi connectivity index (χ4n) is 3.93. The van der Waals surface area contributed by atoms with Crippen LogP contribution in [0.3, 0.4) is 0 Å². The first-order valence-corrected chi connectivity index (χ1v) is 10.9. The van der Waals surface area contributed by atoms with Crippen LogP contribution >= 0.6 is 11.8 Å². The molecule has 1 saturated carbocycles. The van der Waals surface area contributed by atoms with E-state index in [1.165, 1.54) is 18.9 Å². The minimum atomic E-state index is -0.747. The first-order chi connectivity index (χ1) is 12.9. The number of methoxy groups -OCH3 is 1. The van der Waals surface area contributed by atoms with Crippen molar-refractivity contribution in [3.8, 4) is 0 Å². The standard InChI is InChI=1S/C20H32O6S/c1-13-6-4-3-5-7-14-10-15(21)11-16(14)20(24)17(12-19(23)26-13)27-9-8-18(22)25-2/h5,7,13-17,20-21,24H,3-4,6,8-12H2,1-2H3/b7-5+/t13-,14+,15-,16+,17+,20+/m0/s1. The molecule has 0 spiro atoms. The van der Waals surface area contributed by atoms with Gasteiger partial charge in [0.15, 0.2) is 0 Å². The van der Waals surface area contributed by atoms with E-state index in [4.69, 9.17) is 4.74 Å². The lowest BCUT2D eigenvalue weighted by Gasteiger charge is -2.29. The summed E-state index contributed by atoms with van der Waals surface area (Å²) in [5.41, 5.74) is 0. The molecule has 0 aromatic carbocycles. The molecule has 2 aliphatic rings. The maximum absolute atomic E-state index is 12.4. The Labute approximate surface area is 165 Å². The topological polar surface area (TPSA) is 93.1 Å². The maximum Gasteiger partial charge on any atom is 0.307 e. The highest BCUT2D eigenvalue weighted by molar-refractivity contribution is 8.00. The van der Waals surface area contributed by atoms with Crippen LogP contribution in [0.1, 0.15) is 51.9 Å². The average Bonchev–Trinajstić information content (AvgIpc) is 2.99. The Bertz CT molecular complexity index is 523. The average molecular weight is 401 g/mol. The van der Waals surface area contributed by atoms with E-state index in [2.05, 4.69) is 16.9 Å². The third-order valence-electron chi connectivity index (χ3n) is 5.39. The normalized spacial score (nSPS) is 36.5. The summed E-state index contributed by atoms with van der Waals surface area (Å²) in [7, 11) is 1.34. The van der Waals surface area contributed by atoms with Crippen molar-refractivity contribution in [2.75, 3.05) is 12.9 Å². The fraction of sp³-hybridized carbons (Fsp3) is 0.800. The zero-order valence-electron chi connectivity index (χ0n) is 16.2. The number of hydrogen-bond donors (Lipinski definition) is 2. The molecule has 0 aromatic rings. The van der Waals surface area contributed by atoms with Gasteiger partial charge >= 0.3 is 11.9 Å². The number of ether oxygens (including phenoxy) is 2. The predicted octanol–water partition coefficient (Wildman–Crippen LogP) is 2.46. The smallest absolute Gasteiger partial charge is 0.307 e. The van der Waals surface area contributed by atoms with Gasteiger partial charge in [0.05, 0.1) is 38.3 Å². The number of aliphatic hydroxyl groups excluding tert-OH is 2. The highest BCUT2D eigenvalue weighted by Crippen LogP contribution is 2.39. The Balaban J connectivity index is 2.12. The molecule has 1 aliphatic carbocycles. The Hall–Kier alpha value is -1.05. The predicted molar refractivity (Wildman–Crippen MR) is 104 cm³/mol. The second-order valence-electron chi connectivity index (χ2n) is 7.54. The van der Waals surface area contributed by atoms with E-state index in [9.17, 15) is 19.8 Å². The van der Waals surface area contributed by atoms with Gasteiger partial charge in [-0.2, -0.15) is 11.8 Å². The summed E-state index contributed by atoms with van der Waals surface area (Å²) in [6.45, 7) is 1.89. The lowest BCUT2D eigenvalue weighted by Crippen LogP contribution is -2.36. The fourth-order valence-corrected chi connectivity index (χ4v) is 5.17. The van der Waals surface area contributed by atoms with Crippen LogP contribution in [0.15, 0.2) is 12.2 Å². The van der Waals surface area contributed by atoms with E-state index < -0.39 is 12.2 Å². The first kappa shape index (κ1) is 22.2. The number of esters is 2. The van der Waals surface area contributed by atoms with E-state index in [0.29, 0.717) is 18.6 Å². The molecule has 154 valence electrons. The summed E-state index contributed by atoms with van der Waals surface area (Å²) in [5.74, 6) is -0.160. The molecule has 0 bridgehead atoms. The molecule has 0 amide bonds. The second kappa shape index (κ2) is 11.1. The zero-order valence-corrected chi connectivity index (χ0v) is 17.0. The Morgan fingerprint density at radius 2 is 2.15 bits per heavy atom. The van der Waals surface area contributed by atoms with Gasteiger partial charge in [-0.25, -0.2) is 0 Å². The first-order valence-electron chi connectivity index (χ1n) is 9.81. The lowest BCUT2D eigenvalue weighted by molar-refractivity contribution is -0.149. The van der Waals surface area contributed by atoms with Gasteiger partial charge in [-0.15, -0.1) is 0 Å². The van der Waals surface area contributed by atoms with Crippen LogP contribution < -0.4 is 0 Å². The van der Waals surface area contributed by atoms with Gasteiger partial charge in [0.2, 0.25) is 0 Å². The monoisotopic (exact) mass is 400 g/mol. The minimum Gasteiger partial charge on any atom is -0.469 e. The van der Waals surface area contributed by atoms with Gasteiger partial charge in [-0.05, 0) is 50.9 Å². The number of fused-ring (bicyclic) bond motifs is 1. The van der Waals surface area contributed by atoms with Crippen molar-refractivity contribution in [3.63, 3.8) is 0 Å². The summed E-state index contributed by atoms with van der Waals surface area (Å²) in [4.78, 5) is 23.7. The third-order valence-corrected chi connectivity index (χ3v) is 6.70. The van der Waals surface area contributed by atoms with E-state index in [0.717, 1.165) is 19.3 Å². The molecular formula is C20H32O6S. The molecule has 6 atom stereocenters. The summed E-state index contributed by atoms with van der Waals surface area (Å²) >= 11 is 1.40. The van der Waals surface area contributed by atoms with Gasteiger partial charge in [-0.1, -0.05) is 12.2 Å². The lowest BCUT2D eigenvalue weighted by atomic mass is 9.87. The summed E-state index contributed by atoms with van der Waals surface area (Å²) in [5, 5.41) is 20.8. The number of hydrogen-bond acceptors (Lipinski definition) is 7. The maximum atomic E-state index is 12.4. The number of allylic oxidation sites excluding steroid dienone is 2. The van der Waals surface area contributed by atoms with E-state index in [-0.39, 0.29) is 48.0 Å². The molecule has 2 rings (SSSR count). The summed E-state index contributed by atoms with van der Waals surface area (Å²) in [6.07, 6.45) is 7.03. The van der Waals surface area contributed by atoms with Crippen LogP contribution in [-0.4, -0.2) is 58.6 Å². The number of carbonyl (C=O) groups is 2. The second-order valence-corrected chi connectivity index (χ2v) is 8.89.